The Morgan fingerprint density at radius 3 is 2.67 bits per heavy atom. The summed E-state index contributed by atoms with van der Waals surface area (Å²) in [4.78, 5) is 0.221. The van der Waals surface area contributed by atoms with E-state index in [1.54, 1.807) is 19.9 Å². The van der Waals surface area contributed by atoms with Gasteiger partial charge in [-0.3, -0.25) is 0 Å². The Morgan fingerprint density at radius 2 is 2.10 bits per heavy atom. The molecule has 8 nitrogen and oxygen atoms in total. The van der Waals surface area contributed by atoms with Crippen molar-refractivity contribution in [2.75, 3.05) is 0 Å². The number of aromatic nitrogens is 4. The van der Waals surface area contributed by atoms with Crippen molar-refractivity contribution >= 4 is 10.0 Å². The summed E-state index contributed by atoms with van der Waals surface area (Å²) < 4.78 is 27.6. The molecule has 0 fully saturated rings. The van der Waals surface area contributed by atoms with Crippen LogP contribution in [-0.2, 0) is 16.6 Å². The van der Waals surface area contributed by atoms with Crippen molar-refractivity contribution in [1.29, 1.82) is 0 Å². The second-order valence-electron chi connectivity index (χ2n) is 4.85. The number of nitrogens with zero attached hydrogens (tertiary/aromatic N) is 3. The molecule has 9 heteroatoms. The summed E-state index contributed by atoms with van der Waals surface area (Å²) in [6.45, 7) is 5.56. The zero-order valence-corrected chi connectivity index (χ0v) is 12.9. The van der Waals surface area contributed by atoms with Crippen molar-refractivity contribution in [2.24, 2.45) is 5.73 Å². The minimum atomic E-state index is -3.70. The number of nitrogens with one attached hydrogen (secondary N) is 2. The van der Waals surface area contributed by atoms with Crippen LogP contribution in [0.25, 0.3) is 0 Å². The van der Waals surface area contributed by atoms with Crippen molar-refractivity contribution in [3.63, 3.8) is 0 Å². The average Bonchev–Trinajstić information content (AvgIpc) is 2.95. The van der Waals surface area contributed by atoms with Crippen LogP contribution in [0, 0.1) is 13.8 Å². The molecule has 0 aliphatic carbocycles. The summed E-state index contributed by atoms with van der Waals surface area (Å²) in [5.74, 6) is 0.280. The normalized spacial score (nSPS) is 13.3. The highest BCUT2D eigenvalue weighted by atomic mass is 32.2. The van der Waals surface area contributed by atoms with E-state index in [2.05, 4.69) is 25.3 Å². The van der Waals surface area contributed by atoms with Gasteiger partial charge in [-0.15, -0.1) is 10.2 Å². The molecule has 114 valence electrons. The van der Waals surface area contributed by atoms with E-state index < -0.39 is 16.1 Å². The number of hydrogen-bond acceptors (Lipinski definition) is 6. The lowest BCUT2D eigenvalue weighted by Crippen LogP contribution is -2.28. The first-order valence-corrected chi connectivity index (χ1v) is 7.89. The van der Waals surface area contributed by atoms with E-state index in [4.69, 9.17) is 5.73 Å². The van der Waals surface area contributed by atoms with E-state index in [9.17, 15) is 8.42 Å². The molecule has 0 amide bonds. The first kappa shape index (κ1) is 15.5. The Bertz CT molecular complexity index is 726. The highest BCUT2D eigenvalue weighted by Gasteiger charge is 2.23. The third-order valence-corrected chi connectivity index (χ3v) is 4.95. The molecule has 0 radical (unpaired) electrons. The van der Waals surface area contributed by atoms with Crippen LogP contribution in [-0.4, -0.2) is 29.0 Å². The standard InChI is InChI=1S/C12H18N6O2S/c1-7-4-10(6-13)5-11(8(7)2)21(19,20)16-9(3)12-14-17-18-15-12/h4-5,9,16H,6,13H2,1-3H3,(H,14,15,17,18). The quantitative estimate of drug-likeness (QED) is 0.729. The number of aryl methyl sites for hydroxylation is 1. The zero-order valence-electron chi connectivity index (χ0n) is 12.1. The number of sulfonamides is 1. The monoisotopic (exact) mass is 310 g/mol. The number of hydrogen-bond donors (Lipinski definition) is 3. The molecule has 1 unspecified atom stereocenters. The summed E-state index contributed by atoms with van der Waals surface area (Å²) in [6.07, 6.45) is 0. The maximum atomic E-state index is 12.5. The molecule has 1 heterocycles. The topological polar surface area (TPSA) is 127 Å². The van der Waals surface area contributed by atoms with Crippen LogP contribution in [0.4, 0.5) is 0 Å². The summed E-state index contributed by atoms with van der Waals surface area (Å²) in [5.41, 5.74) is 7.96. The van der Waals surface area contributed by atoms with Gasteiger partial charge in [0.1, 0.15) is 0 Å². The predicted octanol–water partition coefficient (Wildman–Crippen LogP) is 0.315. The Labute approximate surface area is 123 Å². The molecule has 0 spiro atoms. The molecule has 0 aliphatic heterocycles. The molecule has 0 saturated heterocycles. The van der Waals surface area contributed by atoms with Crippen LogP contribution >= 0.6 is 0 Å². The van der Waals surface area contributed by atoms with Crippen molar-refractivity contribution < 1.29 is 8.42 Å². The van der Waals surface area contributed by atoms with Gasteiger partial charge in [-0.2, -0.15) is 5.21 Å². The van der Waals surface area contributed by atoms with E-state index in [0.29, 0.717) is 5.56 Å². The molecule has 0 saturated carbocycles. The minimum Gasteiger partial charge on any atom is -0.326 e. The summed E-state index contributed by atoms with van der Waals surface area (Å²) in [5, 5.41) is 13.3. The molecule has 0 aliphatic rings. The molecule has 0 bridgehead atoms. The number of rotatable bonds is 5. The van der Waals surface area contributed by atoms with Gasteiger partial charge in [-0.25, -0.2) is 13.1 Å². The highest BCUT2D eigenvalue weighted by Crippen LogP contribution is 2.22. The predicted molar refractivity (Wildman–Crippen MR) is 76.7 cm³/mol. The summed E-state index contributed by atoms with van der Waals surface area (Å²) in [6, 6.07) is 2.89. The maximum absolute atomic E-state index is 12.5. The lowest BCUT2D eigenvalue weighted by molar-refractivity contribution is 0.559. The van der Waals surface area contributed by atoms with Crippen LogP contribution < -0.4 is 10.5 Å². The number of aromatic amines is 1. The van der Waals surface area contributed by atoms with Crippen molar-refractivity contribution in [2.45, 2.75) is 38.3 Å². The van der Waals surface area contributed by atoms with Crippen LogP contribution in [0.3, 0.4) is 0 Å². The maximum Gasteiger partial charge on any atom is 0.241 e. The number of nitrogens with two attached hydrogens (primary N) is 1. The Kier molecular flexibility index (Phi) is 4.35. The first-order chi connectivity index (χ1) is 9.85. The van der Waals surface area contributed by atoms with Gasteiger partial charge in [0.2, 0.25) is 10.0 Å². The van der Waals surface area contributed by atoms with E-state index in [1.165, 1.54) is 0 Å². The molecule has 1 atom stereocenters. The largest absolute Gasteiger partial charge is 0.326 e. The third kappa shape index (κ3) is 3.26. The lowest BCUT2D eigenvalue weighted by Gasteiger charge is -2.15. The van der Waals surface area contributed by atoms with Gasteiger partial charge in [0.05, 0.1) is 10.9 Å². The molecule has 2 rings (SSSR count). The molecule has 1 aromatic carbocycles. The van der Waals surface area contributed by atoms with Crippen molar-refractivity contribution in [1.82, 2.24) is 25.3 Å². The van der Waals surface area contributed by atoms with Gasteiger partial charge in [0.25, 0.3) is 0 Å². The van der Waals surface area contributed by atoms with Gasteiger partial charge >= 0.3 is 0 Å². The number of tetrazole rings is 1. The number of benzene rings is 1. The Morgan fingerprint density at radius 1 is 1.38 bits per heavy atom. The number of H-pyrrole nitrogens is 1. The molecular weight excluding hydrogens is 292 g/mol. The van der Waals surface area contributed by atoms with Crippen LogP contribution in [0.1, 0.15) is 35.5 Å². The van der Waals surface area contributed by atoms with Gasteiger partial charge < -0.3 is 5.73 Å². The fraction of sp³-hybridized carbons (Fsp3) is 0.417. The summed E-state index contributed by atoms with van der Waals surface area (Å²) >= 11 is 0. The fourth-order valence-electron chi connectivity index (χ4n) is 2.00. The highest BCUT2D eigenvalue weighted by molar-refractivity contribution is 7.89. The Hall–Kier alpha value is -1.84. The second kappa shape index (κ2) is 5.88. The smallest absolute Gasteiger partial charge is 0.241 e. The van der Waals surface area contributed by atoms with Gasteiger partial charge in [-0.05, 0) is 43.5 Å². The van der Waals surface area contributed by atoms with Crippen molar-refractivity contribution in [3.8, 4) is 0 Å². The fourth-order valence-corrected chi connectivity index (χ4v) is 3.57. The molecule has 4 N–H and O–H groups in total. The van der Waals surface area contributed by atoms with Crippen LogP contribution in [0.2, 0.25) is 0 Å². The average molecular weight is 310 g/mol. The first-order valence-electron chi connectivity index (χ1n) is 6.41. The van der Waals surface area contributed by atoms with E-state index in [1.807, 2.05) is 13.0 Å². The van der Waals surface area contributed by atoms with Gasteiger partial charge in [-0.1, -0.05) is 11.3 Å². The van der Waals surface area contributed by atoms with E-state index in [0.717, 1.165) is 11.1 Å². The van der Waals surface area contributed by atoms with Crippen LogP contribution in [0.5, 0.6) is 0 Å². The van der Waals surface area contributed by atoms with Crippen molar-refractivity contribution in [3.05, 3.63) is 34.6 Å². The second-order valence-corrected chi connectivity index (χ2v) is 6.54. The third-order valence-electron chi connectivity index (χ3n) is 3.29. The Balaban J connectivity index is 2.38. The van der Waals surface area contributed by atoms with E-state index >= 15 is 0 Å². The molecular formula is C12H18N6O2S. The zero-order chi connectivity index (χ0) is 15.6. The molecule has 1 aromatic heterocycles. The lowest BCUT2D eigenvalue weighted by atomic mass is 10.1. The summed E-state index contributed by atoms with van der Waals surface area (Å²) in [7, 11) is -3.70. The van der Waals surface area contributed by atoms with Crippen LogP contribution in [0.15, 0.2) is 17.0 Å². The minimum absolute atomic E-state index is 0.221. The molecule has 2 aromatic rings. The van der Waals surface area contributed by atoms with E-state index in [-0.39, 0.29) is 17.3 Å². The van der Waals surface area contributed by atoms with Gasteiger partial charge in [0.15, 0.2) is 5.82 Å². The van der Waals surface area contributed by atoms with Gasteiger partial charge in [0, 0.05) is 6.54 Å². The SMILES string of the molecule is Cc1cc(CN)cc(S(=O)(=O)NC(C)c2nn[nH]n2)c1C. The molecule has 21 heavy (non-hydrogen) atoms.